The number of anilines is 4. The van der Waals surface area contributed by atoms with E-state index in [1.165, 1.54) is 0 Å². The minimum absolute atomic E-state index is 0. The molecule has 0 aliphatic heterocycles. The first-order valence-corrected chi connectivity index (χ1v) is 20.2. The normalized spacial score (nSPS) is 11.6. The monoisotopic (exact) mass is 926 g/mol. The third-order valence-corrected chi connectivity index (χ3v) is 10.8. The Bertz CT molecular complexity index is 1860. The van der Waals surface area contributed by atoms with E-state index in [2.05, 4.69) is 109 Å². The standard InChI is InChI=1S/C40H56N12S2.2BrH/c1-27(2)51(28(3)4)39-45-49(37(53-39)43-41-33-17-21-35(22-18-33)47(9)10)25-31-15-13-14-16-32(31)26-50-38(54-40(46-50)52(29(5)6)30(7)8)44-42-34-19-23-36(24-20-34)48(11)12;;/h13-24,27-30H,25-26H2,1-12H3;2*1H/q+2;;/p-2. The summed E-state index contributed by atoms with van der Waals surface area (Å²) >= 11 is 3.12. The van der Waals surface area contributed by atoms with Crippen molar-refractivity contribution in [1.29, 1.82) is 0 Å². The summed E-state index contributed by atoms with van der Waals surface area (Å²) in [5.41, 5.74) is 6.02. The van der Waals surface area contributed by atoms with Gasteiger partial charge in [-0.1, -0.05) is 34.5 Å². The zero-order chi connectivity index (χ0) is 39.1. The van der Waals surface area contributed by atoms with Crippen LogP contribution in [0.3, 0.4) is 0 Å². The Morgan fingerprint density at radius 1 is 0.500 bits per heavy atom. The lowest BCUT2D eigenvalue weighted by molar-refractivity contribution is -0.733. The molecule has 2 aromatic heterocycles. The van der Waals surface area contributed by atoms with Crippen LogP contribution in [0.4, 0.5) is 43.3 Å². The van der Waals surface area contributed by atoms with Crippen LogP contribution in [0.15, 0.2) is 93.3 Å². The molecule has 0 saturated heterocycles. The van der Waals surface area contributed by atoms with Gasteiger partial charge in [-0.15, -0.1) is 9.36 Å². The summed E-state index contributed by atoms with van der Waals surface area (Å²) in [5, 5.41) is 32.4. The largest absolute Gasteiger partial charge is 1.00 e. The number of aromatic nitrogens is 4. The van der Waals surface area contributed by atoms with Gasteiger partial charge in [-0.3, -0.25) is 0 Å². The van der Waals surface area contributed by atoms with Crippen molar-refractivity contribution in [3.8, 4) is 0 Å². The van der Waals surface area contributed by atoms with Gasteiger partial charge in [0.15, 0.2) is 0 Å². The minimum Gasteiger partial charge on any atom is -1.00 e. The molecule has 2 heterocycles. The fraction of sp³-hybridized carbons (Fsp3) is 0.450. The average molecular weight is 929 g/mol. The van der Waals surface area contributed by atoms with Gasteiger partial charge in [-0.05, 0) is 137 Å². The second-order valence-electron chi connectivity index (χ2n) is 14.8. The van der Waals surface area contributed by atoms with Crippen molar-refractivity contribution in [1.82, 2.24) is 10.2 Å². The molecule has 3 aromatic carbocycles. The molecule has 0 spiro atoms. The highest BCUT2D eigenvalue weighted by atomic mass is 79.9. The van der Waals surface area contributed by atoms with Crippen LogP contribution in [0.5, 0.6) is 0 Å². The molecule has 5 rings (SSSR count). The van der Waals surface area contributed by atoms with Crippen LogP contribution in [-0.4, -0.2) is 62.6 Å². The maximum Gasteiger partial charge on any atom is 0.432 e. The molecule has 12 nitrogen and oxygen atoms in total. The van der Waals surface area contributed by atoms with Crippen LogP contribution in [-0.2, 0) is 13.1 Å². The fourth-order valence-corrected chi connectivity index (χ4v) is 8.51. The van der Waals surface area contributed by atoms with Crippen LogP contribution in [0.2, 0.25) is 0 Å². The molecule has 0 unspecified atom stereocenters. The van der Waals surface area contributed by atoms with E-state index in [9.17, 15) is 0 Å². The predicted molar refractivity (Wildman–Crippen MR) is 225 cm³/mol. The molecule has 0 amide bonds. The predicted octanol–water partition coefficient (Wildman–Crippen LogP) is 3.49. The summed E-state index contributed by atoms with van der Waals surface area (Å²) in [4.78, 5) is 8.79. The first kappa shape index (κ1) is 46.5. The molecule has 0 N–H and O–H groups in total. The Hall–Kier alpha value is -3.86. The molecule has 0 bridgehead atoms. The van der Waals surface area contributed by atoms with E-state index >= 15 is 0 Å². The number of hydrogen-bond donors (Lipinski definition) is 0. The number of halogens is 2. The van der Waals surface area contributed by atoms with E-state index in [0.717, 1.165) is 54.4 Å². The molecule has 0 aliphatic carbocycles. The molecule has 0 fully saturated rings. The van der Waals surface area contributed by atoms with Crippen LogP contribution in [0, 0.1) is 0 Å². The van der Waals surface area contributed by atoms with E-state index in [1.807, 2.05) is 86.1 Å². The first-order chi connectivity index (χ1) is 25.7. The van der Waals surface area contributed by atoms with Crippen molar-refractivity contribution in [2.45, 2.75) is 92.6 Å². The van der Waals surface area contributed by atoms with Crippen molar-refractivity contribution in [3.05, 3.63) is 83.9 Å². The van der Waals surface area contributed by atoms with Crippen LogP contribution in [0.1, 0.15) is 66.5 Å². The zero-order valence-electron chi connectivity index (χ0n) is 34.6. The van der Waals surface area contributed by atoms with Crippen molar-refractivity contribution < 1.29 is 43.3 Å². The second kappa shape index (κ2) is 21.1. The van der Waals surface area contributed by atoms with Crippen molar-refractivity contribution in [2.24, 2.45) is 20.5 Å². The molecule has 0 atom stereocenters. The molecule has 5 aromatic rings. The molecular formula is C40H56Br2N12S2. The summed E-state index contributed by atoms with van der Waals surface area (Å²) in [6.45, 7) is 18.6. The minimum atomic E-state index is 0. The molecule has 0 saturated carbocycles. The third-order valence-electron chi connectivity index (χ3n) is 8.88. The van der Waals surface area contributed by atoms with Gasteiger partial charge in [-0.2, -0.15) is 0 Å². The lowest BCUT2D eigenvalue weighted by Gasteiger charge is -2.29. The van der Waals surface area contributed by atoms with Crippen molar-refractivity contribution >= 4 is 65.9 Å². The number of rotatable bonds is 16. The van der Waals surface area contributed by atoms with E-state index in [4.69, 9.17) is 20.4 Å². The van der Waals surface area contributed by atoms with Gasteiger partial charge in [0.05, 0.1) is 10.2 Å². The smallest absolute Gasteiger partial charge is 0.432 e. The van der Waals surface area contributed by atoms with E-state index in [-0.39, 0.29) is 58.1 Å². The third kappa shape index (κ3) is 11.8. The Kier molecular flexibility index (Phi) is 17.5. The van der Waals surface area contributed by atoms with Gasteiger partial charge < -0.3 is 53.6 Å². The van der Waals surface area contributed by atoms with Gasteiger partial charge in [0.25, 0.3) is 0 Å². The van der Waals surface area contributed by atoms with Gasteiger partial charge in [0.1, 0.15) is 24.5 Å². The quantitative estimate of drug-likeness (QED) is 0.111. The van der Waals surface area contributed by atoms with Crippen LogP contribution < -0.4 is 62.9 Å². The highest BCUT2D eigenvalue weighted by Gasteiger charge is 2.29. The number of benzene rings is 3. The maximum absolute atomic E-state index is 5.15. The van der Waals surface area contributed by atoms with Gasteiger partial charge >= 0.3 is 10.3 Å². The number of nitrogens with zero attached hydrogens (tertiary/aromatic N) is 12. The Balaban J connectivity index is 0.00000420. The molecule has 16 heteroatoms. The molecule has 0 aliphatic rings. The summed E-state index contributed by atoms with van der Waals surface area (Å²) in [6.07, 6.45) is 0. The molecular weight excluding hydrogens is 872 g/mol. The van der Waals surface area contributed by atoms with Gasteiger partial charge in [0.2, 0.25) is 10.3 Å². The molecule has 302 valence electrons. The molecule has 56 heavy (non-hydrogen) atoms. The fourth-order valence-electron chi connectivity index (χ4n) is 6.26. The highest BCUT2D eigenvalue weighted by molar-refractivity contribution is 7.18. The summed E-state index contributed by atoms with van der Waals surface area (Å²) in [6, 6.07) is 25.7. The average Bonchev–Trinajstić information content (AvgIpc) is 3.69. The number of hydrogen-bond acceptors (Lipinski definition) is 12. The zero-order valence-corrected chi connectivity index (χ0v) is 39.4. The summed E-state index contributed by atoms with van der Waals surface area (Å²) < 4.78 is 3.95. The van der Waals surface area contributed by atoms with E-state index < -0.39 is 0 Å². The summed E-state index contributed by atoms with van der Waals surface area (Å²) in [5.74, 6) is 0. The Morgan fingerprint density at radius 2 is 0.821 bits per heavy atom. The van der Waals surface area contributed by atoms with E-state index in [0.29, 0.717) is 13.1 Å². The first-order valence-electron chi connectivity index (χ1n) is 18.5. The van der Waals surface area contributed by atoms with Gasteiger partial charge in [0, 0.05) is 74.9 Å². The Labute approximate surface area is 362 Å². The van der Waals surface area contributed by atoms with Crippen LogP contribution >= 0.6 is 22.7 Å². The van der Waals surface area contributed by atoms with E-state index in [1.54, 1.807) is 22.7 Å². The SMILES string of the molecule is CC(C)N(c1n[n+](Cc2ccccc2C[n+]2nc(N(C(C)C)C(C)C)sc2N=Nc2ccc(N(C)C)cc2)c(N=Nc2ccc(N(C)C)cc2)s1)C(C)C.[Br-].[Br-]. The van der Waals surface area contributed by atoms with Crippen LogP contribution in [0.25, 0.3) is 0 Å². The lowest BCUT2D eigenvalue weighted by Crippen LogP contribution is -3.00. The second-order valence-corrected chi connectivity index (χ2v) is 16.7. The van der Waals surface area contributed by atoms with Crippen molar-refractivity contribution in [2.75, 3.05) is 47.8 Å². The lowest BCUT2D eigenvalue weighted by atomic mass is 10.1. The maximum atomic E-state index is 5.15. The highest BCUT2D eigenvalue weighted by Crippen LogP contribution is 2.32. The van der Waals surface area contributed by atoms with Crippen molar-refractivity contribution in [3.63, 3.8) is 0 Å². The topological polar surface area (TPSA) is 95.9 Å². The Morgan fingerprint density at radius 3 is 1.11 bits per heavy atom. The number of azo groups is 2. The molecule has 0 radical (unpaired) electrons. The van der Waals surface area contributed by atoms with Gasteiger partial charge in [-0.25, -0.2) is 0 Å². The summed E-state index contributed by atoms with van der Waals surface area (Å²) in [7, 11) is 8.11.